The van der Waals surface area contributed by atoms with Gasteiger partial charge in [-0.1, -0.05) is 37.2 Å². The van der Waals surface area contributed by atoms with Crippen LogP contribution in [0.3, 0.4) is 0 Å². The molecule has 2 heterocycles. The number of aryl methyl sites for hydroxylation is 2. The second-order valence-electron chi connectivity index (χ2n) is 6.96. The normalized spacial score (nSPS) is 11.3. The van der Waals surface area contributed by atoms with E-state index < -0.39 is 0 Å². The maximum Gasteiger partial charge on any atom is 0.254 e. The zero-order valence-corrected chi connectivity index (χ0v) is 15.9. The van der Waals surface area contributed by atoms with Crippen molar-refractivity contribution in [3.8, 4) is 0 Å². The van der Waals surface area contributed by atoms with Crippen molar-refractivity contribution in [1.29, 1.82) is 0 Å². The van der Waals surface area contributed by atoms with Crippen LogP contribution in [0.1, 0.15) is 53.1 Å². The van der Waals surface area contributed by atoms with Gasteiger partial charge < -0.3 is 9.42 Å². The minimum Gasteiger partial charge on any atom is -0.341 e. The number of benzene rings is 1. The van der Waals surface area contributed by atoms with E-state index >= 15 is 0 Å². The van der Waals surface area contributed by atoms with E-state index in [4.69, 9.17) is 4.52 Å². The molecule has 0 aliphatic carbocycles. The van der Waals surface area contributed by atoms with Crippen molar-refractivity contribution < 1.29 is 9.32 Å². The van der Waals surface area contributed by atoms with Crippen LogP contribution in [0.15, 0.2) is 28.8 Å². The molecule has 1 aromatic carbocycles. The number of pyridine rings is 1. The highest BCUT2D eigenvalue weighted by Gasteiger charge is 2.18. The number of hydrogen-bond acceptors (Lipinski definition) is 5. The van der Waals surface area contributed by atoms with E-state index in [0.29, 0.717) is 30.2 Å². The lowest BCUT2D eigenvalue weighted by atomic mass is 10.0. The van der Waals surface area contributed by atoms with Crippen LogP contribution < -0.4 is 0 Å². The molecule has 0 radical (unpaired) electrons. The van der Waals surface area contributed by atoms with Crippen LogP contribution >= 0.6 is 0 Å². The zero-order valence-electron chi connectivity index (χ0n) is 15.9. The van der Waals surface area contributed by atoms with Crippen LogP contribution in [0.2, 0.25) is 0 Å². The molecule has 0 aliphatic rings. The Hall–Kier alpha value is -2.76. The third-order valence-electron chi connectivity index (χ3n) is 4.39. The number of carbonyl (C=O) groups excluding carboxylic acids is 1. The second kappa shape index (κ2) is 7.23. The molecular weight excluding hydrogens is 328 g/mol. The standard InChI is InChI=1S/C20H24N4O2/c1-12(2)19-22-17(23-26-19)9-10-24(5)20(25)16-11-14(4)21-18-13(3)7-6-8-15(16)18/h6-8,11-12H,9-10H2,1-5H3. The van der Waals surface area contributed by atoms with Crippen LogP contribution in [-0.4, -0.2) is 39.5 Å². The van der Waals surface area contributed by atoms with Crippen molar-refractivity contribution in [3.05, 3.63) is 52.8 Å². The largest absolute Gasteiger partial charge is 0.341 e. The minimum atomic E-state index is -0.0290. The summed E-state index contributed by atoms with van der Waals surface area (Å²) in [6.07, 6.45) is 0.555. The fourth-order valence-electron chi connectivity index (χ4n) is 2.88. The smallest absolute Gasteiger partial charge is 0.254 e. The minimum absolute atomic E-state index is 0.0290. The average molecular weight is 352 g/mol. The molecule has 0 atom stereocenters. The number of rotatable bonds is 5. The molecule has 0 spiro atoms. The molecule has 3 rings (SSSR count). The highest BCUT2D eigenvalue weighted by molar-refractivity contribution is 6.06. The van der Waals surface area contributed by atoms with Gasteiger partial charge in [0, 0.05) is 37.0 Å². The van der Waals surface area contributed by atoms with Crippen LogP contribution in [0.5, 0.6) is 0 Å². The second-order valence-corrected chi connectivity index (χ2v) is 6.96. The van der Waals surface area contributed by atoms with E-state index in [-0.39, 0.29) is 11.8 Å². The zero-order chi connectivity index (χ0) is 18.8. The van der Waals surface area contributed by atoms with Gasteiger partial charge in [0.15, 0.2) is 5.82 Å². The molecule has 136 valence electrons. The van der Waals surface area contributed by atoms with Crippen molar-refractivity contribution >= 4 is 16.8 Å². The third kappa shape index (κ3) is 3.59. The van der Waals surface area contributed by atoms with Gasteiger partial charge in [-0.2, -0.15) is 4.98 Å². The highest BCUT2D eigenvalue weighted by Crippen LogP contribution is 2.22. The highest BCUT2D eigenvalue weighted by atomic mass is 16.5. The first-order valence-electron chi connectivity index (χ1n) is 8.81. The van der Waals surface area contributed by atoms with Gasteiger partial charge in [-0.25, -0.2) is 0 Å². The molecule has 2 aromatic heterocycles. The summed E-state index contributed by atoms with van der Waals surface area (Å²) in [6, 6.07) is 7.77. The number of amides is 1. The SMILES string of the molecule is Cc1cc(C(=O)N(C)CCc2noc(C(C)C)n2)c2cccc(C)c2n1. The van der Waals surface area contributed by atoms with Gasteiger partial charge >= 0.3 is 0 Å². The fourth-order valence-corrected chi connectivity index (χ4v) is 2.88. The maximum atomic E-state index is 13.0. The number of likely N-dealkylation sites (N-methyl/N-ethyl adjacent to an activating group) is 1. The van der Waals surface area contributed by atoms with Crippen molar-refractivity contribution in [2.24, 2.45) is 0 Å². The molecule has 1 amide bonds. The van der Waals surface area contributed by atoms with Gasteiger partial charge in [-0.05, 0) is 25.5 Å². The summed E-state index contributed by atoms with van der Waals surface area (Å²) in [5.41, 5.74) is 3.46. The first kappa shape index (κ1) is 18.0. The average Bonchev–Trinajstić information content (AvgIpc) is 3.08. The van der Waals surface area contributed by atoms with Crippen LogP contribution in [0, 0.1) is 13.8 Å². The van der Waals surface area contributed by atoms with E-state index in [2.05, 4.69) is 15.1 Å². The Bertz CT molecular complexity index is 946. The fraction of sp³-hybridized carbons (Fsp3) is 0.400. The van der Waals surface area contributed by atoms with Gasteiger partial charge in [-0.3, -0.25) is 9.78 Å². The monoisotopic (exact) mass is 352 g/mol. The van der Waals surface area contributed by atoms with E-state index in [1.54, 1.807) is 11.9 Å². The Morgan fingerprint density at radius 3 is 2.69 bits per heavy atom. The van der Waals surface area contributed by atoms with Crippen molar-refractivity contribution in [1.82, 2.24) is 20.0 Å². The summed E-state index contributed by atoms with van der Waals surface area (Å²) in [6.45, 7) is 8.45. The predicted octanol–water partition coefficient (Wildman–Crippen LogP) is 3.67. The number of nitrogens with zero attached hydrogens (tertiary/aromatic N) is 4. The van der Waals surface area contributed by atoms with E-state index in [0.717, 1.165) is 22.2 Å². The molecular formula is C20H24N4O2. The summed E-state index contributed by atoms with van der Waals surface area (Å²) in [5, 5.41) is 4.87. The number of para-hydroxylation sites is 1. The lowest BCUT2D eigenvalue weighted by Gasteiger charge is -2.18. The lowest BCUT2D eigenvalue weighted by Crippen LogP contribution is -2.29. The summed E-state index contributed by atoms with van der Waals surface area (Å²) < 4.78 is 5.22. The van der Waals surface area contributed by atoms with E-state index in [1.807, 2.05) is 52.0 Å². The van der Waals surface area contributed by atoms with E-state index in [9.17, 15) is 4.79 Å². The van der Waals surface area contributed by atoms with Crippen molar-refractivity contribution in [3.63, 3.8) is 0 Å². The first-order chi connectivity index (χ1) is 12.4. The molecule has 0 aliphatic heterocycles. The van der Waals surface area contributed by atoms with Gasteiger partial charge in [0.2, 0.25) is 5.89 Å². The van der Waals surface area contributed by atoms with Crippen LogP contribution in [0.25, 0.3) is 10.9 Å². The first-order valence-corrected chi connectivity index (χ1v) is 8.81. The number of carbonyl (C=O) groups is 1. The maximum absolute atomic E-state index is 13.0. The Kier molecular flexibility index (Phi) is 5.02. The number of aromatic nitrogens is 3. The van der Waals surface area contributed by atoms with Gasteiger partial charge in [0.25, 0.3) is 5.91 Å². The Balaban J connectivity index is 1.80. The lowest BCUT2D eigenvalue weighted by molar-refractivity contribution is 0.0797. The predicted molar refractivity (Wildman–Crippen MR) is 100 cm³/mol. The molecule has 0 unspecified atom stereocenters. The van der Waals surface area contributed by atoms with Crippen LogP contribution in [0.4, 0.5) is 0 Å². The number of fused-ring (bicyclic) bond motifs is 1. The van der Waals surface area contributed by atoms with Crippen LogP contribution in [-0.2, 0) is 6.42 Å². The van der Waals surface area contributed by atoms with Crippen molar-refractivity contribution in [2.75, 3.05) is 13.6 Å². The molecule has 0 saturated carbocycles. The van der Waals surface area contributed by atoms with Gasteiger partial charge in [0.05, 0.1) is 11.1 Å². The molecule has 6 heteroatoms. The topological polar surface area (TPSA) is 72.1 Å². The third-order valence-corrected chi connectivity index (χ3v) is 4.39. The molecule has 0 saturated heterocycles. The van der Waals surface area contributed by atoms with Crippen molar-refractivity contribution in [2.45, 2.75) is 40.0 Å². The van der Waals surface area contributed by atoms with Gasteiger partial charge in [0.1, 0.15) is 0 Å². The summed E-state index contributed by atoms with van der Waals surface area (Å²) in [7, 11) is 1.79. The molecule has 26 heavy (non-hydrogen) atoms. The summed E-state index contributed by atoms with van der Waals surface area (Å²) in [4.78, 5) is 23.6. The Morgan fingerprint density at radius 1 is 1.23 bits per heavy atom. The molecule has 6 nitrogen and oxygen atoms in total. The van der Waals surface area contributed by atoms with E-state index in [1.165, 1.54) is 0 Å². The molecule has 0 bridgehead atoms. The molecule has 0 fully saturated rings. The van der Waals surface area contributed by atoms with Gasteiger partial charge in [-0.15, -0.1) is 0 Å². The molecule has 0 N–H and O–H groups in total. The quantitative estimate of drug-likeness (QED) is 0.700. The Labute approximate surface area is 153 Å². The summed E-state index contributed by atoms with van der Waals surface area (Å²) >= 11 is 0. The summed E-state index contributed by atoms with van der Waals surface area (Å²) in [5.74, 6) is 1.42. The Morgan fingerprint density at radius 2 is 2.00 bits per heavy atom. The number of hydrogen-bond donors (Lipinski definition) is 0. The molecule has 3 aromatic rings.